The summed E-state index contributed by atoms with van der Waals surface area (Å²) in [6, 6.07) is 13.7. The summed E-state index contributed by atoms with van der Waals surface area (Å²) in [5, 5.41) is 10.0. The first-order chi connectivity index (χ1) is 18.9. The summed E-state index contributed by atoms with van der Waals surface area (Å²) in [7, 11) is 0. The topological polar surface area (TPSA) is 86.0 Å². The molecule has 3 aliphatic rings. The molecule has 39 heavy (non-hydrogen) atoms. The van der Waals surface area contributed by atoms with E-state index in [9.17, 15) is 9.90 Å². The number of aliphatic carboxylic acids is 1. The highest BCUT2D eigenvalue weighted by Crippen LogP contribution is 2.47. The Kier molecular flexibility index (Phi) is 7.34. The minimum Gasteiger partial charge on any atom is -0.478 e. The van der Waals surface area contributed by atoms with Crippen molar-refractivity contribution in [2.24, 2.45) is 0 Å². The van der Waals surface area contributed by atoms with E-state index in [1.54, 1.807) is 19.2 Å². The van der Waals surface area contributed by atoms with Gasteiger partial charge in [-0.2, -0.15) is 0 Å². The molecule has 8 nitrogen and oxygen atoms in total. The Labute approximate surface area is 232 Å². The van der Waals surface area contributed by atoms with E-state index in [0.29, 0.717) is 24.0 Å². The number of halogens is 1. The molecule has 3 aromatic rings. The van der Waals surface area contributed by atoms with Gasteiger partial charge in [0, 0.05) is 28.3 Å². The molecule has 2 fully saturated rings. The number of hydrogen-bond acceptors (Lipinski definition) is 6. The minimum absolute atomic E-state index is 0.153. The number of hydrogen-bond donors (Lipinski definition) is 1. The van der Waals surface area contributed by atoms with Gasteiger partial charge in [-0.15, -0.1) is 0 Å². The maximum absolute atomic E-state index is 11.4. The predicted octanol–water partition coefficient (Wildman–Crippen LogP) is 5.66. The molecule has 1 aromatic heterocycles. The summed E-state index contributed by atoms with van der Waals surface area (Å²) in [4.78, 5) is 18.5. The first kappa shape index (κ1) is 25.9. The maximum atomic E-state index is 11.4. The van der Waals surface area contributed by atoms with Crippen molar-refractivity contribution in [3.63, 3.8) is 0 Å². The van der Waals surface area contributed by atoms with Crippen molar-refractivity contribution in [1.82, 2.24) is 14.5 Å². The van der Waals surface area contributed by atoms with Crippen LogP contribution in [0.3, 0.4) is 0 Å². The summed E-state index contributed by atoms with van der Waals surface area (Å²) < 4.78 is 20.2. The molecule has 2 atom stereocenters. The van der Waals surface area contributed by atoms with E-state index in [1.165, 1.54) is 5.56 Å². The van der Waals surface area contributed by atoms with Crippen molar-refractivity contribution < 1.29 is 24.1 Å². The van der Waals surface area contributed by atoms with E-state index in [0.717, 1.165) is 67.5 Å². The number of carboxylic acid groups (broad SMARTS) is 1. The largest absolute Gasteiger partial charge is 0.478 e. The molecule has 0 amide bonds. The zero-order valence-electron chi connectivity index (χ0n) is 21.9. The van der Waals surface area contributed by atoms with Gasteiger partial charge in [-0.05, 0) is 69.5 Å². The van der Waals surface area contributed by atoms with Crippen LogP contribution in [0.1, 0.15) is 61.0 Å². The van der Waals surface area contributed by atoms with Crippen molar-refractivity contribution in [3.8, 4) is 11.5 Å². The van der Waals surface area contributed by atoms with E-state index in [4.69, 9.17) is 25.8 Å². The predicted molar refractivity (Wildman–Crippen MR) is 147 cm³/mol. The monoisotopic (exact) mass is 549 g/mol. The third-order valence-electron chi connectivity index (χ3n) is 7.85. The molecule has 2 unspecified atom stereocenters. The summed E-state index contributed by atoms with van der Waals surface area (Å²) >= 11 is 6.05. The van der Waals surface area contributed by atoms with Crippen LogP contribution in [-0.4, -0.2) is 51.3 Å². The van der Waals surface area contributed by atoms with Crippen molar-refractivity contribution in [3.05, 3.63) is 81.9 Å². The van der Waals surface area contributed by atoms with Crippen LogP contribution in [0.5, 0.6) is 11.5 Å². The fourth-order valence-corrected chi connectivity index (χ4v) is 5.60. The molecule has 2 aromatic carbocycles. The zero-order valence-corrected chi connectivity index (χ0v) is 22.6. The van der Waals surface area contributed by atoms with Gasteiger partial charge in [0.1, 0.15) is 5.82 Å². The van der Waals surface area contributed by atoms with Crippen LogP contribution in [0.15, 0.2) is 54.2 Å². The van der Waals surface area contributed by atoms with Gasteiger partial charge in [-0.1, -0.05) is 35.9 Å². The molecule has 3 aliphatic heterocycles. The number of benzene rings is 2. The second-order valence-corrected chi connectivity index (χ2v) is 10.9. The van der Waals surface area contributed by atoms with Crippen LogP contribution in [-0.2, 0) is 22.6 Å². The van der Waals surface area contributed by atoms with E-state index in [-0.39, 0.29) is 11.7 Å². The van der Waals surface area contributed by atoms with Crippen LogP contribution in [0.4, 0.5) is 0 Å². The molecule has 0 radical (unpaired) electrons. The van der Waals surface area contributed by atoms with Gasteiger partial charge in [0.25, 0.3) is 6.29 Å². The number of aromatic nitrogens is 2. The lowest BCUT2D eigenvalue weighted by molar-refractivity contribution is -0.132. The highest BCUT2D eigenvalue weighted by atomic mass is 35.5. The van der Waals surface area contributed by atoms with Gasteiger partial charge in [0.15, 0.2) is 11.5 Å². The SMILES string of the molecule is C/C(=C\c1cnc(CN2CCC(c3cccc4c3OC(c3ccc(Cl)cc3)O4)CC2)n1CC1CCO1)C(=O)O. The van der Waals surface area contributed by atoms with Gasteiger partial charge in [0.05, 0.1) is 31.1 Å². The Morgan fingerprint density at radius 2 is 1.90 bits per heavy atom. The number of ether oxygens (including phenoxy) is 3. The third kappa shape index (κ3) is 5.55. The third-order valence-corrected chi connectivity index (χ3v) is 8.11. The normalized spacial score (nSPS) is 21.6. The summed E-state index contributed by atoms with van der Waals surface area (Å²) in [5.74, 6) is 2.03. The van der Waals surface area contributed by atoms with Crippen LogP contribution in [0.2, 0.25) is 5.02 Å². The molecule has 1 N–H and O–H groups in total. The van der Waals surface area contributed by atoms with Crippen LogP contribution in [0.25, 0.3) is 6.08 Å². The molecule has 0 spiro atoms. The number of rotatable bonds is 8. The Bertz CT molecular complexity index is 1370. The highest BCUT2D eigenvalue weighted by Gasteiger charge is 2.32. The molecule has 2 saturated heterocycles. The van der Waals surface area contributed by atoms with Crippen molar-refractivity contribution in [1.29, 1.82) is 0 Å². The molecule has 0 aliphatic carbocycles. The smallest absolute Gasteiger partial charge is 0.331 e. The minimum atomic E-state index is -0.924. The molecule has 0 bridgehead atoms. The van der Waals surface area contributed by atoms with Crippen molar-refractivity contribution in [2.45, 2.75) is 57.6 Å². The van der Waals surface area contributed by atoms with E-state index < -0.39 is 12.3 Å². The fourth-order valence-electron chi connectivity index (χ4n) is 5.47. The van der Waals surface area contributed by atoms with E-state index >= 15 is 0 Å². The molecule has 204 valence electrons. The van der Waals surface area contributed by atoms with Crippen LogP contribution >= 0.6 is 11.6 Å². The lowest BCUT2D eigenvalue weighted by Crippen LogP contribution is -2.35. The Balaban J connectivity index is 1.13. The quantitative estimate of drug-likeness (QED) is 0.363. The lowest BCUT2D eigenvalue weighted by atomic mass is 9.88. The summed E-state index contributed by atoms with van der Waals surface area (Å²) in [5.41, 5.74) is 3.23. The number of likely N-dealkylation sites (tertiary alicyclic amines) is 1. The van der Waals surface area contributed by atoms with Crippen LogP contribution in [0, 0.1) is 0 Å². The molecule has 4 heterocycles. The standard InChI is InChI=1S/C30H32ClN3O5/c1-19(29(35)36)15-23-16-32-27(34(23)17-24-11-14-37-24)18-33-12-9-20(10-13-33)25-3-2-4-26-28(25)39-30(38-26)21-5-7-22(31)8-6-21/h2-8,15-16,20,24,30H,9-14,17-18H2,1H3,(H,35,36)/b19-15+. The number of para-hydroxylation sites is 1. The Hall–Kier alpha value is -3.33. The maximum Gasteiger partial charge on any atom is 0.331 e. The van der Waals surface area contributed by atoms with Gasteiger partial charge in [-0.25, -0.2) is 9.78 Å². The van der Waals surface area contributed by atoms with E-state index in [1.807, 2.05) is 36.4 Å². The number of piperidine rings is 1. The number of nitrogens with zero attached hydrogens (tertiary/aromatic N) is 3. The number of fused-ring (bicyclic) bond motifs is 1. The van der Waals surface area contributed by atoms with Gasteiger partial charge < -0.3 is 23.9 Å². The molecular weight excluding hydrogens is 518 g/mol. The first-order valence-electron chi connectivity index (χ1n) is 13.5. The first-order valence-corrected chi connectivity index (χ1v) is 13.8. The van der Waals surface area contributed by atoms with Gasteiger partial charge >= 0.3 is 5.97 Å². The zero-order chi connectivity index (χ0) is 26.9. The second kappa shape index (κ2) is 11.0. The average Bonchev–Trinajstić information content (AvgIpc) is 3.51. The summed E-state index contributed by atoms with van der Waals surface area (Å²) in [6.45, 7) is 5.65. The Morgan fingerprint density at radius 3 is 2.59 bits per heavy atom. The molecular formula is C30H32ClN3O5. The van der Waals surface area contributed by atoms with Crippen molar-refractivity contribution in [2.75, 3.05) is 19.7 Å². The highest BCUT2D eigenvalue weighted by molar-refractivity contribution is 6.30. The van der Waals surface area contributed by atoms with E-state index in [2.05, 4.69) is 20.5 Å². The van der Waals surface area contributed by atoms with Gasteiger partial charge in [-0.3, -0.25) is 4.90 Å². The van der Waals surface area contributed by atoms with Crippen molar-refractivity contribution >= 4 is 23.6 Å². The Morgan fingerprint density at radius 1 is 1.13 bits per heavy atom. The van der Waals surface area contributed by atoms with Gasteiger partial charge in [0.2, 0.25) is 0 Å². The summed E-state index contributed by atoms with van der Waals surface area (Å²) in [6.07, 6.45) is 6.17. The lowest BCUT2D eigenvalue weighted by Gasteiger charge is -2.33. The molecule has 0 saturated carbocycles. The number of carboxylic acids is 1. The number of carbonyl (C=O) groups is 1. The molecule has 9 heteroatoms. The number of imidazole rings is 1. The second-order valence-electron chi connectivity index (χ2n) is 10.5. The molecule has 6 rings (SSSR count). The van der Waals surface area contributed by atoms with Crippen LogP contribution < -0.4 is 9.47 Å². The average molecular weight is 550 g/mol. The fraction of sp³-hybridized carbons (Fsp3) is 0.400.